The Labute approximate surface area is 176 Å². The first-order chi connectivity index (χ1) is 13.9. The molecule has 1 fully saturated rings. The molecule has 2 atom stereocenters. The normalized spacial score (nSPS) is 22.0. The summed E-state index contributed by atoms with van der Waals surface area (Å²) in [6.45, 7) is 4.17. The van der Waals surface area contributed by atoms with Crippen molar-refractivity contribution in [1.29, 1.82) is 0 Å². The van der Waals surface area contributed by atoms with Gasteiger partial charge in [0.1, 0.15) is 17.1 Å². The average Bonchev–Trinajstić information content (AvgIpc) is 2.71. The Bertz CT molecular complexity index is 862. The number of piperidine rings is 1. The van der Waals surface area contributed by atoms with Crippen LogP contribution in [0.25, 0.3) is 0 Å². The van der Waals surface area contributed by atoms with Crippen LogP contribution in [0, 0.1) is 6.92 Å². The maximum absolute atomic E-state index is 10.7. The van der Waals surface area contributed by atoms with Gasteiger partial charge in [0.25, 0.3) is 0 Å². The predicted octanol–water partition coefficient (Wildman–Crippen LogP) is 4.04. The van der Waals surface area contributed by atoms with Crippen molar-refractivity contribution in [1.82, 2.24) is 4.90 Å². The van der Waals surface area contributed by atoms with Gasteiger partial charge in [0.15, 0.2) is 0 Å². The van der Waals surface area contributed by atoms with E-state index in [-0.39, 0.29) is 5.60 Å². The molecule has 0 aromatic heterocycles. The van der Waals surface area contributed by atoms with E-state index in [1.165, 1.54) is 0 Å². The van der Waals surface area contributed by atoms with Gasteiger partial charge < -0.3 is 24.6 Å². The maximum atomic E-state index is 10.7. The van der Waals surface area contributed by atoms with Crippen LogP contribution in [0.3, 0.4) is 0 Å². The Morgan fingerprint density at radius 3 is 2.59 bits per heavy atom. The number of ether oxygens (including phenoxy) is 2. The van der Waals surface area contributed by atoms with Crippen molar-refractivity contribution in [2.24, 2.45) is 0 Å². The van der Waals surface area contributed by atoms with Crippen LogP contribution in [0.5, 0.6) is 11.5 Å². The Morgan fingerprint density at radius 1 is 1.24 bits per heavy atom. The van der Waals surface area contributed by atoms with Gasteiger partial charge in [0.2, 0.25) is 0 Å². The molecule has 0 radical (unpaired) electrons. The molecule has 2 unspecified atom stereocenters. The highest BCUT2D eigenvalue weighted by atomic mass is 35.5. The summed E-state index contributed by atoms with van der Waals surface area (Å²) in [6, 6.07) is 11.3. The molecule has 2 heterocycles. The van der Waals surface area contributed by atoms with Gasteiger partial charge in [-0.05, 0) is 55.2 Å². The molecular weight excluding hydrogens is 390 g/mol. The summed E-state index contributed by atoms with van der Waals surface area (Å²) in [5.41, 5.74) is 2.27. The van der Waals surface area contributed by atoms with Crippen LogP contribution >= 0.6 is 11.6 Å². The smallest absolute Gasteiger partial charge is 0.126 e. The van der Waals surface area contributed by atoms with E-state index in [1.54, 1.807) is 7.11 Å². The summed E-state index contributed by atoms with van der Waals surface area (Å²) in [6.07, 6.45) is 1.11. The number of methoxy groups -OCH3 is 1. The number of β-amino-alcohol motifs (C(OH)–C–C–N with tert-alkyl or cyclic N) is 1. The zero-order valence-corrected chi connectivity index (χ0v) is 17.7. The molecule has 156 valence electrons. The number of hydrogen-bond acceptors (Lipinski definition) is 5. The van der Waals surface area contributed by atoms with Gasteiger partial charge in [0.05, 0.1) is 19.3 Å². The predicted molar refractivity (Wildman–Crippen MR) is 113 cm³/mol. The minimum absolute atomic E-state index is 0.353. The molecule has 2 aromatic carbocycles. The molecule has 2 aliphatic rings. The largest absolute Gasteiger partial charge is 0.497 e. The molecule has 5 nitrogen and oxygen atoms in total. The van der Waals surface area contributed by atoms with Crippen molar-refractivity contribution in [3.05, 3.63) is 58.1 Å². The second-order valence-electron chi connectivity index (χ2n) is 8.23. The molecule has 6 heteroatoms. The fourth-order valence-corrected chi connectivity index (χ4v) is 4.55. The highest BCUT2D eigenvalue weighted by Gasteiger charge is 2.43. The number of halogens is 1. The monoisotopic (exact) mass is 417 g/mol. The van der Waals surface area contributed by atoms with E-state index in [2.05, 4.69) is 4.90 Å². The maximum Gasteiger partial charge on any atom is 0.126 e. The third-order valence-electron chi connectivity index (χ3n) is 6.24. The lowest BCUT2D eigenvalue weighted by molar-refractivity contribution is -0.0588. The SMILES string of the molecule is COc1ccc(C(O)CN2CCC3(CC2)CC(O)c2cc(Cl)c(C)cc2O3)cc1. The first kappa shape index (κ1) is 20.5. The van der Waals surface area contributed by atoms with Gasteiger partial charge in [0, 0.05) is 36.6 Å². The van der Waals surface area contributed by atoms with Crippen LogP contribution < -0.4 is 9.47 Å². The molecule has 0 saturated carbocycles. The van der Waals surface area contributed by atoms with Crippen molar-refractivity contribution in [2.45, 2.75) is 44.0 Å². The highest BCUT2D eigenvalue weighted by Crippen LogP contribution is 2.45. The quantitative estimate of drug-likeness (QED) is 0.786. The number of aryl methyl sites for hydroxylation is 1. The summed E-state index contributed by atoms with van der Waals surface area (Å²) >= 11 is 6.22. The number of fused-ring (bicyclic) bond motifs is 1. The average molecular weight is 418 g/mol. The standard InChI is InChI=1S/C23H28ClNO4/c1-15-11-22-18(12-19(15)24)20(26)13-23(29-22)7-9-25(10-8-23)14-21(27)16-3-5-17(28-2)6-4-16/h3-6,11-12,20-21,26-27H,7-10,13-14H2,1-2H3. The van der Waals surface area contributed by atoms with Gasteiger partial charge in [-0.1, -0.05) is 23.7 Å². The van der Waals surface area contributed by atoms with Gasteiger partial charge >= 0.3 is 0 Å². The molecule has 0 bridgehead atoms. The van der Waals surface area contributed by atoms with Crippen LogP contribution in [0.1, 0.15) is 48.2 Å². The molecule has 29 heavy (non-hydrogen) atoms. The van der Waals surface area contributed by atoms with E-state index >= 15 is 0 Å². The van der Waals surface area contributed by atoms with Crippen LogP contribution in [0.4, 0.5) is 0 Å². The molecule has 1 spiro atoms. The van der Waals surface area contributed by atoms with E-state index in [4.69, 9.17) is 21.1 Å². The van der Waals surface area contributed by atoms with E-state index in [9.17, 15) is 10.2 Å². The number of likely N-dealkylation sites (tertiary alicyclic amines) is 1. The van der Waals surface area contributed by atoms with Crippen molar-refractivity contribution in [3.8, 4) is 11.5 Å². The van der Waals surface area contributed by atoms with E-state index in [0.29, 0.717) is 18.0 Å². The first-order valence-corrected chi connectivity index (χ1v) is 10.5. The number of hydrogen-bond donors (Lipinski definition) is 2. The lowest BCUT2D eigenvalue weighted by Gasteiger charge is -2.46. The fourth-order valence-electron chi connectivity index (χ4n) is 4.38. The Balaban J connectivity index is 1.39. The zero-order valence-electron chi connectivity index (χ0n) is 16.9. The third-order valence-corrected chi connectivity index (χ3v) is 6.65. The summed E-state index contributed by atoms with van der Waals surface area (Å²) in [7, 11) is 1.63. The third kappa shape index (κ3) is 4.24. The van der Waals surface area contributed by atoms with E-state index in [0.717, 1.165) is 54.1 Å². The van der Waals surface area contributed by atoms with E-state index in [1.807, 2.05) is 43.3 Å². The summed E-state index contributed by atoms with van der Waals surface area (Å²) in [5.74, 6) is 1.53. The first-order valence-electron chi connectivity index (χ1n) is 10.1. The minimum Gasteiger partial charge on any atom is -0.497 e. The molecule has 2 N–H and O–H groups in total. The van der Waals surface area contributed by atoms with E-state index < -0.39 is 12.2 Å². The summed E-state index contributed by atoms with van der Waals surface area (Å²) in [5, 5.41) is 22.0. The van der Waals surface area contributed by atoms with Crippen molar-refractivity contribution in [3.63, 3.8) is 0 Å². The van der Waals surface area contributed by atoms with Gasteiger partial charge in [-0.3, -0.25) is 0 Å². The molecule has 0 aliphatic carbocycles. The topological polar surface area (TPSA) is 62.2 Å². The Morgan fingerprint density at radius 2 is 1.93 bits per heavy atom. The van der Waals surface area contributed by atoms with Crippen molar-refractivity contribution >= 4 is 11.6 Å². The van der Waals surface area contributed by atoms with Crippen LogP contribution in [-0.4, -0.2) is 47.5 Å². The summed E-state index contributed by atoms with van der Waals surface area (Å²) in [4.78, 5) is 2.26. The molecule has 4 rings (SSSR count). The lowest BCUT2D eigenvalue weighted by Crippen LogP contribution is -2.51. The molecule has 2 aliphatic heterocycles. The molecule has 1 saturated heterocycles. The Hall–Kier alpha value is -1.79. The number of nitrogens with zero attached hydrogens (tertiary/aromatic N) is 1. The number of aliphatic hydroxyl groups is 2. The number of aliphatic hydroxyl groups excluding tert-OH is 2. The van der Waals surface area contributed by atoms with Crippen molar-refractivity contribution < 1.29 is 19.7 Å². The van der Waals surface area contributed by atoms with Crippen LogP contribution in [0.2, 0.25) is 5.02 Å². The summed E-state index contributed by atoms with van der Waals surface area (Å²) < 4.78 is 11.6. The molecule has 0 amide bonds. The van der Waals surface area contributed by atoms with Crippen molar-refractivity contribution in [2.75, 3.05) is 26.7 Å². The second-order valence-corrected chi connectivity index (χ2v) is 8.64. The number of rotatable bonds is 4. The molecule has 2 aromatic rings. The molecular formula is C23H28ClNO4. The number of benzene rings is 2. The lowest BCUT2D eigenvalue weighted by atomic mass is 9.81. The van der Waals surface area contributed by atoms with Gasteiger partial charge in [-0.25, -0.2) is 0 Å². The highest BCUT2D eigenvalue weighted by molar-refractivity contribution is 6.31. The zero-order chi connectivity index (χ0) is 20.6. The van der Waals surface area contributed by atoms with Crippen LogP contribution in [0.15, 0.2) is 36.4 Å². The van der Waals surface area contributed by atoms with Gasteiger partial charge in [-0.15, -0.1) is 0 Å². The van der Waals surface area contributed by atoms with Gasteiger partial charge in [-0.2, -0.15) is 0 Å². The second kappa shape index (κ2) is 8.15. The van der Waals surface area contributed by atoms with Crippen LogP contribution in [-0.2, 0) is 0 Å². The minimum atomic E-state index is -0.562. The fraction of sp³-hybridized carbons (Fsp3) is 0.478. The Kier molecular flexibility index (Phi) is 5.76.